The van der Waals surface area contributed by atoms with E-state index in [1.54, 1.807) is 30.5 Å². The Balaban J connectivity index is 2.35. The molecule has 0 bridgehead atoms. The molecule has 17 heavy (non-hydrogen) atoms. The molecule has 1 heterocycles. The van der Waals surface area contributed by atoms with Crippen LogP contribution in [0.1, 0.15) is 16.1 Å². The highest BCUT2D eigenvalue weighted by Gasteiger charge is 2.07. The van der Waals surface area contributed by atoms with Crippen molar-refractivity contribution >= 4 is 5.97 Å². The number of aliphatic hydroxyl groups excluding tert-OH is 1. The van der Waals surface area contributed by atoms with Crippen molar-refractivity contribution in [1.29, 1.82) is 0 Å². The number of methoxy groups -OCH3 is 1. The van der Waals surface area contributed by atoms with E-state index in [2.05, 4.69) is 15.0 Å². The lowest BCUT2D eigenvalue weighted by molar-refractivity contribution is 0.0600. The van der Waals surface area contributed by atoms with Gasteiger partial charge in [0.05, 0.1) is 31.2 Å². The minimum absolute atomic E-state index is 0.170. The molecule has 1 N–H and O–H groups in total. The van der Waals surface area contributed by atoms with Gasteiger partial charge in [-0.3, -0.25) is 0 Å². The van der Waals surface area contributed by atoms with Gasteiger partial charge in [-0.15, -0.1) is 5.10 Å². The third kappa shape index (κ3) is 2.31. The molecule has 2 aromatic rings. The van der Waals surface area contributed by atoms with Gasteiger partial charge in [-0.2, -0.15) is 0 Å². The molecule has 0 fully saturated rings. The molecule has 0 atom stereocenters. The minimum Gasteiger partial charge on any atom is -0.465 e. The van der Waals surface area contributed by atoms with Crippen LogP contribution in [0.15, 0.2) is 30.5 Å². The summed E-state index contributed by atoms with van der Waals surface area (Å²) in [5.41, 5.74) is 1.58. The van der Waals surface area contributed by atoms with Crippen molar-refractivity contribution in [1.82, 2.24) is 15.0 Å². The molecule has 0 aliphatic carbocycles. The fraction of sp³-hybridized carbons (Fsp3) is 0.182. The number of esters is 1. The number of hydrogen-bond donors (Lipinski definition) is 1. The summed E-state index contributed by atoms with van der Waals surface area (Å²) in [4.78, 5) is 11.4. The van der Waals surface area contributed by atoms with Crippen LogP contribution in [0.25, 0.3) is 5.69 Å². The van der Waals surface area contributed by atoms with Crippen LogP contribution >= 0.6 is 0 Å². The highest BCUT2D eigenvalue weighted by atomic mass is 16.5. The van der Waals surface area contributed by atoms with Gasteiger partial charge in [-0.1, -0.05) is 11.3 Å². The van der Waals surface area contributed by atoms with E-state index in [0.29, 0.717) is 16.9 Å². The molecule has 6 heteroatoms. The summed E-state index contributed by atoms with van der Waals surface area (Å²) < 4.78 is 6.11. The fourth-order valence-electron chi connectivity index (χ4n) is 1.39. The number of rotatable bonds is 3. The highest BCUT2D eigenvalue weighted by Crippen LogP contribution is 2.10. The van der Waals surface area contributed by atoms with Gasteiger partial charge in [-0.05, 0) is 18.2 Å². The Morgan fingerprint density at radius 2 is 2.35 bits per heavy atom. The van der Waals surface area contributed by atoms with Gasteiger partial charge in [-0.25, -0.2) is 9.48 Å². The second-order valence-electron chi connectivity index (χ2n) is 3.35. The fourth-order valence-corrected chi connectivity index (χ4v) is 1.39. The van der Waals surface area contributed by atoms with Gasteiger partial charge in [0.25, 0.3) is 0 Å². The third-order valence-electron chi connectivity index (χ3n) is 2.23. The lowest BCUT2D eigenvalue weighted by Crippen LogP contribution is -2.03. The number of hydrogen-bond acceptors (Lipinski definition) is 5. The van der Waals surface area contributed by atoms with Crippen molar-refractivity contribution in [3.05, 3.63) is 41.7 Å². The summed E-state index contributed by atoms with van der Waals surface area (Å²) in [6.07, 6.45) is 1.59. The van der Waals surface area contributed by atoms with Crippen molar-refractivity contribution in [3.63, 3.8) is 0 Å². The van der Waals surface area contributed by atoms with E-state index in [0.717, 1.165) is 0 Å². The molecule has 1 aromatic carbocycles. The first-order valence-corrected chi connectivity index (χ1v) is 4.95. The predicted molar refractivity (Wildman–Crippen MR) is 58.6 cm³/mol. The first-order valence-electron chi connectivity index (χ1n) is 4.95. The lowest BCUT2D eigenvalue weighted by atomic mass is 10.2. The van der Waals surface area contributed by atoms with Crippen molar-refractivity contribution in [3.8, 4) is 5.69 Å². The van der Waals surface area contributed by atoms with E-state index in [1.165, 1.54) is 11.8 Å². The number of ether oxygens (including phenoxy) is 1. The first kappa shape index (κ1) is 11.3. The summed E-state index contributed by atoms with van der Waals surface area (Å²) in [6, 6.07) is 6.80. The van der Waals surface area contributed by atoms with E-state index in [1.807, 2.05) is 0 Å². The number of carbonyl (C=O) groups is 1. The van der Waals surface area contributed by atoms with Gasteiger partial charge >= 0.3 is 5.97 Å². The summed E-state index contributed by atoms with van der Waals surface area (Å²) in [6.45, 7) is -0.170. The van der Waals surface area contributed by atoms with Crippen molar-refractivity contribution in [2.24, 2.45) is 0 Å². The van der Waals surface area contributed by atoms with Crippen LogP contribution in [0.3, 0.4) is 0 Å². The average molecular weight is 233 g/mol. The SMILES string of the molecule is COC(=O)c1cccc(-n2cc(CO)nn2)c1. The van der Waals surface area contributed by atoms with Crippen molar-refractivity contribution in [2.45, 2.75) is 6.61 Å². The molecule has 0 amide bonds. The maximum absolute atomic E-state index is 11.4. The largest absolute Gasteiger partial charge is 0.465 e. The van der Waals surface area contributed by atoms with Crippen molar-refractivity contribution < 1.29 is 14.6 Å². The van der Waals surface area contributed by atoms with E-state index in [-0.39, 0.29) is 6.61 Å². The van der Waals surface area contributed by atoms with Crippen LogP contribution in [0.2, 0.25) is 0 Å². The van der Waals surface area contributed by atoms with Crippen LogP contribution < -0.4 is 0 Å². The van der Waals surface area contributed by atoms with Gasteiger partial charge in [0, 0.05) is 0 Å². The summed E-state index contributed by atoms with van der Waals surface area (Å²) in [5.74, 6) is -0.408. The maximum Gasteiger partial charge on any atom is 0.337 e. The first-order chi connectivity index (χ1) is 8.24. The number of benzene rings is 1. The molecule has 0 saturated carbocycles. The molecule has 0 aliphatic rings. The van der Waals surface area contributed by atoms with Crippen LogP contribution in [0.4, 0.5) is 0 Å². The smallest absolute Gasteiger partial charge is 0.337 e. The zero-order chi connectivity index (χ0) is 12.3. The minimum atomic E-state index is -0.408. The molecule has 0 radical (unpaired) electrons. The van der Waals surface area contributed by atoms with Gasteiger partial charge in [0.15, 0.2) is 0 Å². The zero-order valence-electron chi connectivity index (χ0n) is 9.20. The number of nitrogens with zero attached hydrogens (tertiary/aromatic N) is 3. The molecule has 0 aliphatic heterocycles. The maximum atomic E-state index is 11.4. The second kappa shape index (κ2) is 4.75. The third-order valence-corrected chi connectivity index (χ3v) is 2.23. The molecular weight excluding hydrogens is 222 g/mol. The van der Waals surface area contributed by atoms with Crippen molar-refractivity contribution in [2.75, 3.05) is 7.11 Å². The molecule has 0 unspecified atom stereocenters. The van der Waals surface area contributed by atoms with Gasteiger partial charge in [0.1, 0.15) is 5.69 Å². The van der Waals surface area contributed by atoms with Crippen LogP contribution in [0.5, 0.6) is 0 Å². The molecule has 88 valence electrons. The quantitative estimate of drug-likeness (QED) is 0.783. The van der Waals surface area contributed by atoms with E-state index >= 15 is 0 Å². The summed E-state index contributed by atoms with van der Waals surface area (Å²) in [5, 5.41) is 16.5. The summed E-state index contributed by atoms with van der Waals surface area (Å²) in [7, 11) is 1.33. The predicted octanol–water partition coefficient (Wildman–Crippen LogP) is 0.546. The molecule has 6 nitrogen and oxygen atoms in total. The molecule has 2 rings (SSSR count). The summed E-state index contributed by atoms with van der Waals surface area (Å²) >= 11 is 0. The van der Waals surface area contributed by atoms with Gasteiger partial charge in [0.2, 0.25) is 0 Å². The average Bonchev–Trinajstić information content (AvgIpc) is 2.86. The van der Waals surface area contributed by atoms with E-state index in [9.17, 15) is 4.79 Å². The lowest BCUT2D eigenvalue weighted by Gasteiger charge is -2.02. The molecule has 0 saturated heterocycles. The standard InChI is InChI=1S/C11H11N3O3/c1-17-11(16)8-3-2-4-10(5-8)14-6-9(7-15)12-13-14/h2-6,15H,7H2,1H3. The Hall–Kier alpha value is -2.21. The monoisotopic (exact) mass is 233 g/mol. The second-order valence-corrected chi connectivity index (χ2v) is 3.35. The van der Waals surface area contributed by atoms with E-state index < -0.39 is 5.97 Å². The van der Waals surface area contributed by atoms with Crippen LogP contribution in [-0.4, -0.2) is 33.2 Å². The van der Waals surface area contributed by atoms with Crippen LogP contribution in [0, 0.1) is 0 Å². The molecule has 0 spiro atoms. The van der Waals surface area contributed by atoms with E-state index in [4.69, 9.17) is 5.11 Å². The number of aliphatic hydroxyl groups is 1. The topological polar surface area (TPSA) is 77.2 Å². The molecule has 1 aromatic heterocycles. The molecular formula is C11H11N3O3. The Bertz CT molecular complexity index is 536. The zero-order valence-corrected chi connectivity index (χ0v) is 9.20. The Kier molecular flexibility index (Phi) is 3.15. The Morgan fingerprint density at radius 1 is 1.53 bits per heavy atom. The number of carbonyl (C=O) groups excluding carboxylic acids is 1. The normalized spacial score (nSPS) is 10.2. The number of aromatic nitrogens is 3. The Labute approximate surface area is 97.4 Å². The van der Waals surface area contributed by atoms with Crippen LogP contribution in [-0.2, 0) is 11.3 Å². The highest BCUT2D eigenvalue weighted by molar-refractivity contribution is 5.89. The Morgan fingerprint density at radius 3 is 3.00 bits per heavy atom. The van der Waals surface area contributed by atoms with Gasteiger partial charge < -0.3 is 9.84 Å².